The second kappa shape index (κ2) is 4.78. The number of nitrogens with zero attached hydrogens (tertiary/aromatic N) is 2. The molecule has 0 aliphatic carbocycles. The molecule has 98 valence electrons. The number of amides is 1. The highest BCUT2D eigenvalue weighted by atomic mass is 16.5. The number of aromatic carboxylic acids is 1. The van der Waals surface area contributed by atoms with E-state index in [2.05, 4.69) is 5.10 Å². The molecular weight excluding hydrogens is 252 g/mol. The van der Waals surface area contributed by atoms with Crippen LogP contribution >= 0.6 is 0 Å². The molecule has 0 aliphatic rings. The summed E-state index contributed by atoms with van der Waals surface area (Å²) in [5.41, 5.74) is 7.83. The number of carboxylic acid groups (broad SMARTS) is 1. The molecule has 0 saturated carbocycles. The van der Waals surface area contributed by atoms with Crippen LogP contribution in [0.3, 0.4) is 0 Å². The topological polar surface area (TPSA) is 130 Å². The van der Waals surface area contributed by atoms with E-state index in [9.17, 15) is 9.59 Å². The van der Waals surface area contributed by atoms with Gasteiger partial charge in [0.25, 0.3) is 5.91 Å². The van der Waals surface area contributed by atoms with Crippen LogP contribution in [-0.2, 0) is 0 Å². The van der Waals surface area contributed by atoms with E-state index < -0.39 is 11.9 Å². The Hall–Kier alpha value is -2.87. The van der Waals surface area contributed by atoms with E-state index >= 15 is 0 Å². The summed E-state index contributed by atoms with van der Waals surface area (Å²) < 4.78 is 1.26. The molecule has 0 aliphatic heterocycles. The van der Waals surface area contributed by atoms with Crippen molar-refractivity contribution >= 4 is 17.7 Å². The van der Waals surface area contributed by atoms with Crippen molar-refractivity contribution in [2.75, 3.05) is 5.73 Å². The highest BCUT2D eigenvalue weighted by molar-refractivity contribution is 5.97. The molecule has 0 unspecified atom stereocenters. The Bertz CT molecular complexity index is 633. The molecular formula is C11H10N4O4. The first kappa shape index (κ1) is 12.6. The van der Waals surface area contributed by atoms with Crippen LogP contribution in [0.5, 0.6) is 0 Å². The van der Waals surface area contributed by atoms with E-state index in [4.69, 9.17) is 16.0 Å². The lowest BCUT2D eigenvalue weighted by atomic mass is 10.2. The number of nitrogens with two attached hydrogens (primary N) is 1. The fraction of sp³-hybridized carbons (Fsp3) is 0. The molecule has 1 heterocycles. The quantitative estimate of drug-likeness (QED) is 0.464. The van der Waals surface area contributed by atoms with Crippen molar-refractivity contribution in [1.29, 1.82) is 0 Å². The summed E-state index contributed by atoms with van der Waals surface area (Å²) in [4.78, 5) is 22.0. The number of carboxylic acids is 1. The number of hydrogen-bond donors (Lipinski definition) is 4. The van der Waals surface area contributed by atoms with Crippen LogP contribution in [-0.4, -0.2) is 32.0 Å². The van der Waals surface area contributed by atoms with Crippen molar-refractivity contribution in [3.05, 3.63) is 41.6 Å². The number of hydroxylamine groups is 1. The van der Waals surface area contributed by atoms with E-state index in [1.54, 1.807) is 0 Å². The third-order valence-corrected chi connectivity index (χ3v) is 2.51. The average molecular weight is 262 g/mol. The molecule has 0 radical (unpaired) electrons. The Morgan fingerprint density at radius 2 is 1.89 bits per heavy atom. The molecule has 1 amide bonds. The predicted molar refractivity (Wildman–Crippen MR) is 64.2 cm³/mol. The third-order valence-electron chi connectivity index (χ3n) is 2.51. The molecule has 0 spiro atoms. The van der Waals surface area contributed by atoms with Crippen LogP contribution in [0.15, 0.2) is 30.5 Å². The van der Waals surface area contributed by atoms with Gasteiger partial charge in [0.05, 0.1) is 17.4 Å². The fourth-order valence-electron chi connectivity index (χ4n) is 1.54. The number of carbonyl (C=O) groups excluding carboxylic acids is 1. The summed E-state index contributed by atoms with van der Waals surface area (Å²) in [5, 5.41) is 21.2. The summed E-state index contributed by atoms with van der Waals surface area (Å²) in [5.74, 6) is -1.78. The van der Waals surface area contributed by atoms with E-state index in [1.807, 2.05) is 0 Å². The van der Waals surface area contributed by atoms with E-state index in [0.717, 1.165) is 0 Å². The molecule has 1 aromatic carbocycles. The second-order valence-corrected chi connectivity index (χ2v) is 3.65. The maximum absolute atomic E-state index is 11.3. The monoisotopic (exact) mass is 262 g/mol. The van der Waals surface area contributed by atoms with Crippen LogP contribution in [0.2, 0.25) is 0 Å². The molecule has 0 saturated heterocycles. The lowest BCUT2D eigenvalue weighted by Gasteiger charge is -2.05. The number of rotatable bonds is 3. The normalized spacial score (nSPS) is 10.2. The van der Waals surface area contributed by atoms with E-state index in [1.165, 1.54) is 40.6 Å². The zero-order chi connectivity index (χ0) is 14.0. The van der Waals surface area contributed by atoms with Gasteiger partial charge < -0.3 is 10.8 Å². The number of aromatic nitrogens is 2. The number of nitrogen functional groups attached to an aromatic ring is 1. The van der Waals surface area contributed by atoms with Crippen LogP contribution in [0.4, 0.5) is 5.82 Å². The van der Waals surface area contributed by atoms with Gasteiger partial charge in [-0.2, -0.15) is 5.10 Å². The van der Waals surface area contributed by atoms with Crippen LogP contribution in [0, 0.1) is 0 Å². The molecule has 19 heavy (non-hydrogen) atoms. The van der Waals surface area contributed by atoms with Crippen molar-refractivity contribution in [2.45, 2.75) is 0 Å². The molecule has 0 atom stereocenters. The first-order valence-electron chi connectivity index (χ1n) is 5.16. The molecule has 2 rings (SSSR count). The lowest BCUT2D eigenvalue weighted by Crippen LogP contribution is -2.19. The van der Waals surface area contributed by atoms with Gasteiger partial charge in [-0.25, -0.2) is 15.0 Å². The summed E-state index contributed by atoms with van der Waals surface area (Å²) >= 11 is 0. The number of nitrogens with one attached hydrogen (secondary N) is 1. The summed E-state index contributed by atoms with van der Waals surface area (Å²) in [6.07, 6.45) is 1.20. The Morgan fingerprint density at radius 1 is 1.26 bits per heavy atom. The highest BCUT2D eigenvalue weighted by Crippen LogP contribution is 2.17. The molecule has 1 aromatic heterocycles. The zero-order valence-corrected chi connectivity index (χ0v) is 9.57. The van der Waals surface area contributed by atoms with Gasteiger partial charge in [-0.05, 0) is 24.3 Å². The average Bonchev–Trinajstić information content (AvgIpc) is 2.80. The minimum absolute atomic E-state index is 0.0183. The van der Waals surface area contributed by atoms with Crippen LogP contribution in [0.25, 0.3) is 5.69 Å². The van der Waals surface area contributed by atoms with Crippen molar-refractivity contribution in [3.8, 4) is 5.69 Å². The first-order chi connectivity index (χ1) is 9.04. The van der Waals surface area contributed by atoms with Gasteiger partial charge in [-0.1, -0.05) is 0 Å². The van der Waals surface area contributed by atoms with E-state index in [-0.39, 0.29) is 16.9 Å². The van der Waals surface area contributed by atoms with Crippen LogP contribution < -0.4 is 11.2 Å². The van der Waals surface area contributed by atoms with Crippen molar-refractivity contribution < 1.29 is 19.9 Å². The molecule has 8 heteroatoms. The molecule has 0 bridgehead atoms. The third kappa shape index (κ3) is 2.24. The standard InChI is InChI=1S/C11H10N4O4/c12-9-8(10(16)14-19)5-13-15(9)7-3-1-6(2-4-7)11(17)18/h1-5,19H,12H2,(H,14,16)(H,17,18). The predicted octanol–water partition coefficient (Wildman–Crippen LogP) is 0.272. The lowest BCUT2D eigenvalue weighted by molar-refractivity contribution is 0.0693. The highest BCUT2D eigenvalue weighted by Gasteiger charge is 2.15. The fourth-order valence-corrected chi connectivity index (χ4v) is 1.54. The number of benzene rings is 1. The molecule has 2 aromatic rings. The van der Waals surface area contributed by atoms with Gasteiger partial charge in [0.1, 0.15) is 11.4 Å². The van der Waals surface area contributed by atoms with E-state index in [0.29, 0.717) is 5.69 Å². The second-order valence-electron chi connectivity index (χ2n) is 3.65. The number of hydrogen-bond acceptors (Lipinski definition) is 5. The van der Waals surface area contributed by atoms with Gasteiger partial charge in [-0.3, -0.25) is 10.0 Å². The maximum Gasteiger partial charge on any atom is 0.335 e. The Labute approximate surface area is 107 Å². The Balaban J connectivity index is 2.40. The van der Waals surface area contributed by atoms with Crippen molar-refractivity contribution in [1.82, 2.24) is 15.3 Å². The minimum atomic E-state index is -1.04. The minimum Gasteiger partial charge on any atom is -0.478 e. The van der Waals surface area contributed by atoms with Gasteiger partial charge in [0.15, 0.2) is 0 Å². The summed E-state index contributed by atoms with van der Waals surface area (Å²) in [6.45, 7) is 0. The smallest absolute Gasteiger partial charge is 0.335 e. The largest absolute Gasteiger partial charge is 0.478 e. The zero-order valence-electron chi connectivity index (χ0n) is 9.57. The Morgan fingerprint density at radius 3 is 2.42 bits per heavy atom. The first-order valence-corrected chi connectivity index (χ1v) is 5.16. The van der Waals surface area contributed by atoms with Gasteiger partial charge in [-0.15, -0.1) is 0 Å². The van der Waals surface area contributed by atoms with Gasteiger partial charge in [0, 0.05) is 0 Å². The summed E-state index contributed by atoms with van der Waals surface area (Å²) in [7, 11) is 0. The van der Waals surface area contributed by atoms with Crippen molar-refractivity contribution in [2.24, 2.45) is 0 Å². The number of carbonyl (C=O) groups is 2. The maximum atomic E-state index is 11.3. The molecule has 5 N–H and O–H groups in total. The molecule has 0 fully saturated rings. The van der Waals surface area contributed by atoms with Gasteiger partial charge in [0.2, 0.25) is 0 Å². The van der Waals surface area contributed by atoms with Gasteiger partial charge >= 0.3 is 5.97 Å². The SMILES string of the molecule is Nc1c(C(=O)NO)cnn1-c1ccc(C(=O)O)cc1. The Kier molecular flexibility index (Phi) is 3.17. The van der Waals surface area contributed by atoms with Crippen molar-refractivity contribution in [3.63, 3.8) is 0 Å². The van der Waals surface area contributed by atoms with Crippen LogP contribution in [0.1, 0.15) is 20.7 Å². The summed E-state index contributed by atoms with van der Waals surface area (Å²) in [6, 6.07) is 5.80. The number of anilines is 1. The molecule has 8 nitrogen and oxygen atoms in total.